The number of aryl methyl sites for hydroxylation is 1. The van der Waals surface area contributed by atoms with Crippen LogP contribution in [0.25, 0.3) is 0 Å². The fraction of sp³-hybridized carbons (Fsp3) is 0.455. The molecule has 12 heavy (non-hydrogen) atoms. The van der Waals surface area contributed by atoms with E-state index in [2.05, 4.69) is 29.6 Å². The Bertz CT molecular complexity index is 210. The van der Waals surface area contributed by atoms with Gasteiger partial charge in [0, 0.05) is 13.7 Å². The quantitative estimate of drug-likeness (QED) is 0.622. The van der Waals surface area contributed by atoms with E-state index in [1.807, 2.05) is 13.8 Å². The van der Waals surface area contributed by atoms with Crippen LogP contribution in [0.5, 0.6) is 0 Å². The molecule has 1 aliphatic heterocycles. The van der Waals surface area contributed by atoms with Crippen LogP contribution in [0.4, 0.5) is 5.69 Å². The van der Waals surface area contributed by atoms with E-state index in [-0.39, 0.29) is 1.43 Å². The summed E-state index contributed by atoms with van der Waals surface area (Å²) in [6.07, 6.45) is 2.51. The SMILES string of the molecule is CC.[HH].c1ccc2c(c1)CCCN2. The average Bonchev–Trinajstić information content (AvgIpc) is 2.21. The molecule has 0 saturated carbocycles. The smallest absolute Gasteiger partial charge is 0.0372 e. The van der Waals surface area contributed by atoms with Gasteiger partial charge in [0.1, 0.15) is 0 Å². The summed E-state index contributed by atoms with van der Waals surface area (Å²) in [7, 11) is 0. The van der Waals surface area contributed by atoms with Crippen molar-refractivity contribution in [3.63, 3.8) is 0 Å². The molecule has 1 aliphatic rings. The number of hydrogen-bond donors (Lipinski definition) is 1. The molecule has 0 fully saturated rings. The minimum Gasteiger partial charge on any atom is -0.385 e. The van der Waals surface area contributed by atoms with E-state index in [0.717, 1.165) is 6.54 Å². The summed E-state index contributed by atoms with van der Waals surface area (Å²) in [5.74, 6) is 0. The van der Waals surface area contributed by atoms with Gasteiger partial charge in [0.05, 0.1) is 0 Å². The number of fused-ring (bicyclic) bond motifs is 1. The maximum Gasteiger partial charge on any atom is 0.0372 e. The minimum atomic E-state index is 0. The summed E-state index contributed by atoms with van der Waals surface area (Å²) in [4.78, 5) is 0. The molecule has 1 heterocycles. The van der Waals surface area contributed by atoms with Gasteiger partial charge in [0.25, 0.3) is 0 Å². The Morgan fingerprint density at radius 1 is 1.25 bits per heavy atom. The third-order valence-electron chi connectivity index (χ3n) is 1.96. The summed E-state index contributed by atoms with van der Waals surface area (Å²) in [6.45, 7) is 5.14. The summed E-state index contributed by atoms with van der Waals surface area (Å²) in [5, 5.41) is 3.36. The minimum absolute atomic E-state index is 0. The molecule has 1 nitrogen and oxygen atoms in total. The number of nitrogens with one attached hydrogen (secondary N) is 1. The molecule has 0 radical (unpaired) electrons. The maximum absolute atomic E-state index is 3.36. The van der Waals surface area contributed by atoms with Crippen molar-refractivity contribution in [1.29, 1.82) is 0 Å². The zero-order valence-corrected chi connectivity index (χ0v) is 7.93. The van der Waals surface area contributed by atoms with Crippen LogP contribution in [0.2, 0.25) is 0 Å². The second-order valence-electron chi connectivity index (χ2n) is 2.69. The Morgan fingerprint density at radius 3 is 2.75 bits per heavy atom. The molecule has 0 amide bonds. The second kappa shape index (κ2) is 4.81. The Labute approximate surface area is 76.3 Å². The van der Waals surface area contributed by atoms with Crippen LogP contribution in [0, 0.1) is 0 Å². The highest BCUT2D eigenvalue weighted by Crippen LogP contribution is 2.19. The predicted molar refractivity (Wildman–Crippen MR) is 56.7 cm³/mol. The molecule has 1 aromatic rings. The summed E-state index contributed by atoms with van der Waals surface area (Å²) >= 11 is 0. The van der Waals surface area contributed by atoms with Crippen LogP contribution >= 0.6 is 0 Å². The molecule has 0 aliphatic carbocycles. The highest BCUT2D eigenvalue weighted by Gasteiger charge is 2.04. The zero-order chi connectivity index (χ0) is 8.81. The van der Waals surface area contributed by atoms with Crippen LogP contribution in [0.15, 0.2) is 24.3 Å². The van der Waals surface area contributed by atoms with Crippen molar-refractivity contribution in [3.05, 3.63) is 29.8 Å². The first-order valence-corrected chi connectivity index (χ1v) is 4.78. The highest BCUT2D eigenvalue weighted by molar-refractivity contribution is 5.52. The lowest BCUT2D eigenvalue weighted by molar-refractivity contribution is 0.830. The van der Waals surface area contributed by atoms with Crippen LogP contribution in [0.3, 0.4) is 0 Å². The van der Waals surface area contributed by atoms with E-state index in [9.17, 15) is 0 Å². The third kappa shape index (κ3) is 2.00. The first-order chi connectivity index (χ1) is 5.97. The lowest BCUT2D eigenvalue weighted by Crippen LogP contribution is -2.10. The van der Waals surface area contributed by atoms with Crippen LogP contribution in [-0.4, -0.2) is 6.54 Å². The standard InChI is InChI=1S/C9H11N.C2H6.H2/c1-2-6-9-8(4-1)5-3-7-10-9;1-2;/h1-2,4,6,10H,3,5,7H2;1-2H3;1H. The zero-order valence-electron chi connectivity index (χ0n) is 7.93. The molecule has 0 atom stereocenters. The maximum atomic E-state index is 3.36. The Morgan fingerprint density at radius 2 is 2.00 bits per heavy atom. The third-order valence-corrected chi connectivity index (χ3v) is 1.96. The van der Waals surface area contributed by atoms with Crippen molar-refractivity contribution in [1.82, 2.24) is 0 Å². The summed E-state index contributed by atoms with van der Waals surface area (Å²) < 4.78 is 0. The molecule has 2 rings (SSSR count). The molecular weight excluding hydrogens is 146 g/mol. The molecule has 0 unspecified atom stereocenters. The van der Waals surface area contributed by atoms with Gasteiger partial charge in [-0.2, -0.15) is 0 Å². The van der Waals surface area contributed by atoms with Crippen molar-refractivity contribution >= 4 is 5.69 Å². The average molecular weight is 165 g/mol. The van der Waals surface area contributed by atoms with Crippen LogP contribution in [-0.2, 0) is 6.42 Å². The van der Waals surface area contributed by atoms with Crippen molar-refractivity contribution < 1.29 is 1.43 Å². The molecule has 1 aromatic carbocycles. The summed E-state index contributed by atoms with van der Waals surface area (Å²) in [6, 6.07) is 8.53. The van der Waals surface area contributed by atoms with Crippen molar-refractivity contribution in [3.8, 4) is 0 Å². The number of para-hydroxylation sites is 1. The monoisotopic (exact) mass is 165 g/mol. The predicted octanol–water partition coefficient (Wildman–Crippen LogP) is 3.32. The van der Waals surface area contributed by atoms with Crippen LogP contribution in [0.1, 0.15) is 27.3 Å². The molecular formula is C11H19N. The molecule has 68 valence electrons. The van der Waals surface area contributed by atoms with Crippen molar-refractivity contribution in [2.45, 2.75) is 26.7 Å². The first kappa shape index (κ1) is 9.11. The van der Waals surface area contributed by atoms with E-state index in [1.54, 1.807) is 0 Å². The normalized spacial score (nSPS) is 13.5. The number of rotatable bonds is 0. The fourth-order valence-corrected chi connectivity index (χ4v) is 1.41. The molecule has 0 bridgehead atoms. The molecule has 0 saturated heterocycles. The first-order valence-electron chi connectivity index (χ1n) is 4.78. The molecule has 0 aromatic heterocycles. The van der Waals surface area contributed by atoms with Gasteiger partial charge in [0.15, 0.2) is 0 Å². The van der Waals surface area contributed by atoms with Gasteiger partial charge in [-0.1, -0.05) is 32.0 Å². The van der Waals surface area contributed by atoms with Gasteiger partial charge < -0.3 is 5.32 Å². The number of benzene rings is 1. The largest absolute Gasteiger partial charge is 0.385 e. The van der Waals surface area contributed by atoms with E-state index in [4.69, 9.17) is 0 Å². The number of hydrogen-bond acceptors (Lipinski definition) is 1. The van der Waals surface area contributed by atoms with Gasteiger partial charge in [-0.3, -0.25) is 0 Å². The number of anilines is 1. The lowest BCUT2D eigenvalue weighted by atomic mass is 10.0. The lowest BCUT2D eigenvalue weighted by Gasteiger charge is -2.16. The van der Waals surface area contributed by atoms with Gasteiger partial charge in [-0.25, -0.2) is 0 Å². The van der Waals surface area contributed by atoms with Gasteiger partial charge in [-0.05, 0) is 24.5 Å². The van der Waals surface area contributed by atoms with Crippen molar-refractivity contribution in [2.24, 2.45) is 0 Å². The van der Waals surface area contributed by atoms with Gasteiger partial charge >= 0.3 is 0 Å². The van der Waals surface area contributed by atoms with Crippen molar-refractivity contribution in [2.75, 3.05) is 11.9 Å². The van der Waals surface area contributed by atoms with E-state index < -0.39 is 0 Å². The Hall–Kier alpha value is -0.980. The van der Waals surface area contributed by atoms with E-state index in [1.165, 1.54) is 24.1 Å². The molecule has 1 N–H and O–H groups in total. The summed E-state index contributed by atoms with van der Waals surface area (Å²) in [5.41, 5.74) is 2.79. The topological polar surface area (TPSA) is 12.0 Å². The molecule has 0 spiro atoms. The van der Waals surface area contributed by atoms with Gasteiger partial charge in [0.2, 0.25) is 0 Å². The van der Waals surface area contributed by atoms with E-state index >= 15 is 0 Å². The Balaban J connectivity index is 0.000000451. The fourth-order valence-electron chi connectivity index (χ4n) is 1.41. The van der Waals surface area contributed by atoms with E-state index in [0.29, 0.717) is 0 Å². The highest BCUT2D eigenvalue weighted by atomic mass is 14.9. The van der Waals surface area contributed by atoms with Gasteiger partial charge in [-0.15, -0.1) is 0 Å². The van der Waals surface area contributed by atoms with Crippen LogP contribution < -0.4 is 5.32 Å². The second-order valence-corrected chi connectivity index (χ2v) is 2.69. The Kier molecular flexibility index (Phi) is 3.65. The molecule has 1 heteroatoms.